The van der Waals surface area contributed by atoms with Crippen LogP contribution in [-0.2, 0) is 10.0 Å². The molecule has 1 saturated carbocycles. The number of hydrogen-bond donors (Lipinski definition) is 0. The van der Waals surface area contributed by atoms with Gasteiger partial charge in [0, 0.05) is 25.7 Å². The smallest absolute Gasteiger partial charge is 0.243 e. The SMILES string of the molecule is Cc1cccc(S(=O)(=O)N(C)[C@@H]2C=C[C@H](N3CCC[C@H](C4CCCCC4)C3)C2)c1.Cl. The third-order valence-electron chi connectivity index (χ3n) is 7.45. The first-order valence-corrected chi connectivity index (χ1v) is 12.9. The fourth-order valence-corrected chi connectivity index (χ4v) is 7.08. The highest BCUT2D eigenvalue weighted by molar-refractivity contribution is 7.89. The number of halogens is 1. The average Bonchev–Trinajstić information content (AvgIpc) is 3.24. The minimum atomic E-state index is -3.46. The molecule has 30 heavy (non-hydrogen) atoms. The van der Waals surface area contributed by atoms with Gasteiger partial charge in [0.1, 0.15) is 0 Å². The van der Waals surface area contributed by atoms with Crippen molar-refractivity contribution in [1.29, 1.82) is 0 Å². The number of likely N-dealkylation sites (N-methyl/N-ethyl adjacent to an activating group) is 1. The maximum atomic E-state index is 13.1. The molecule has 0 bridgehead atoms. The van der Waals surface area contributed by atoms with E-state index in [4.69, 9.17) is 0 Å². The Bertz CT molecular complexity index is 835. The van der Waals surface area contributed by atoms with Crippen molar-refractivity contribution in [3.05, 3.63) is 42.0 Å². The highest BCUT2D eigenvalue weighted by Crippen LogP contribution is 2.36. The van der Waals surface area contributed by atoms with Crippen molar-refractivity contribution in [1.82, 2.24) is 9.21 Å². The lowest BCUT2D eigenvalue weighted by Crippen LogP contribution is -2.45. The molecule has 2 fully saturated rings. The molecular formula is C24H37ClN2O2S. The summed E-state index contributed by atoms with van der Waals surface area (Å²) in [4.78, 5) is 3.03. The molecule has 0 amide bonds. The van der Waals surface area contributed by atoms with Crippen LogP contribution in [-0.4, -0.2) is 49.8 Å². The Balaban J connectivity index is 0.00000256. The van der Waals surface area contributed by atoms with E-state index in [0.717, 1.165) is 30.4 Å². The summed E-state index contributed by atoms with van der Waals surface area (Å²) in [6.07, 6.45) is 15.0. The van der Waals surface area contributed by atoms with Crippen molar-refractivity contribution in [3.8, 4) is 0 Å². The van der Waals surface area contributed by atoms with Crippen LogP contribution in [0.4, 0.5) is 0 Å². The van der Waals surface area contributed by atoms with Crippen LogP contribution in [0.5, 0.6) is 0 Å². The van der Waals surface area contributed by atoms with Crippen LogP contribution < -0.4 is 0 Å². The quantitative estimate of drug-likeness (QED) is 0.588. The van der Waals surface area contributed by atoms with Crippen LogP contribution in [0.3, 0.4) is 0 Å². The zero-order valence-electron chi connectivity index (χ0n) is 18.4. The molecule has 6 heteroatoms. The highest BCUT2D eigenvalue weighted by Gasteiger charge is 2.36. The van der Waals surface area contributed by atoms with Crippen molar-refractivity contribution in [2.45, 2.75) is 75.3 Å². The van der Waals surface area contributed by atoms with Gasteiger partial charge < -0.3 is 0 Å². The molecule has 3 atom stereocenters. The van der Waals surface area contributed by atoms with Crippen LogP contribution in [0.15, 0.2) is 41.3 Å². The number of aryl methyl sites for hydroxylation is 1. The number of likely N-dealkylation sites (tertiary alicyclic amines) is 1. The molecule has 0 aromatic heterocycles. The van der Waals surface area contributed by atoms with Crippen LogP contribution in [0.2, 0.25) is 0 Å². The Hall–Kier alpha value is -0.880. The van der Waals surface area contributed by atoms with Crippen LogP contribution in [0, 0.1) is 18.8 Å². The Morgan fingerprint density at radius 1 is 1.00 bits per heavy atom. The fraction of sp³-hybridized carbons (Fsp3) is 0.667. The van der Waals surface area contributed by atoms with Crippen molar-refractivity contribution >= 4 is 22.4 Å². The maximum Gasteiger partial charge on any atom is 0.243 e. The Morgan fingerprint density at radius 3 is 2.47 bits per heavy atom. The number of rotatable bonds is 5. The van der Waals surface area contributed by atoms with E-state index in [2.05, 4.69) is 17.1 Å². The van der Waals surface area contributed by atoms with Gasteiger partial charge in [-0.1, -0.05) is 56.4 Å². The molecule has 1 aliphatic heterocycles. The van der Waals surface area contributed by atoms with Crippen molar-refractivity contribution in [2.24, 2.45) is 11.8 Å². The molecule has 0 radical (unpaired) electrons. The number of benzene rings is 1. The van der Waals surface area contributed by atoms with E-state index >= 15 is 0 Å². The first kappa shape index (κ1) is 23.8. The van der Waals surface area contributed by atoms with Gasteiger partial charge in [0.2, 0.25) is 10.0 Å². The normalized spacial score (nSPS) is 28.6. The van der Waals surface area contributed by atoms with Gasteiger partial charge in [-0.2, -0.15) is 4.31 Å². The van der Waals surface area contributed by atoms with Crippen molar-refractivity contribution < 1.29 is 8.42 Å². The molecule has 0 N–H and O–H groups in total. The van der Waals surface area contributed by atoms with Crippen LogP contribution >= 0.6 is 12.4 Å². The van der Waals surface area contributed by atoms with E-state index in [9.17, 15) is 8.42 Å². The first-order valence-electron chi connectivity index (χ1n) is 11.4. The van der Waals surface area contributed by atoms with Gasteiger partial charge in [-0.25, -0.2) is 8.42 Å². The number of sulfonamides is 1. The number of piperidine rings is 1. The van der Waals surface area contributed by atoms with Gasteiger partial charge in [0.05, 0.1) is 4.90 Å². The van der Waals surface area contributed by atoms with Gasteiger partial charge in [-0.3, -0.25) is 4.90 Å². The highest BCUT2D eigenvalue weighted by atomic mass is 35.5. The molecule has 1 heterocycles. The van der Waals surface area contributed by atoms with Gasteiger partial charge in [0.25, 0.3) is 0 Å². The molecule has 2 aliphatic carbocycles. The maximum absolute atomic E-state index is 13.1. The zero-order valence-corrected chi connectivity index (χ0v) is 20.0. The number of hydrogen-bond acceptors (Lipinski definition) is 3. The predicted molar refractivity (Wildman–Crippen MR) is 126 cm³/mol. The Morgan fingerprint density at radius 2 is 1.73 bits per heavy atom. The lowest BCUT2D eigenvalue weighted by Gasteiger charge is -2.41. The lowest BCUT2D eigenvalue weighted by atomic mass is 9.76. The minimum absolute atomic E-state index is 0. The summed E-state index contributed by atoms with van der Waals surface area (Å²) in [6.45, 7) is 4.28. The molecule has 4 nitrogen and oxygen atoms in total. The lowest BCUT2D eigenvalue weighted by molar-refractivity contribution is 0.0923. The summed E-state index contributed by atoms with van der Waals surface area (Å²) in [5.41, 5.74) is 0.974. The molecule has 3 aliphatic rings. The predicted octanol–water partition coefficient (Wildman–Crippen LogP) is 5.03. The molecular weight excluding hydrogens is 416 g/mol. The van der Waals surface area contributed by atoms with E-state index in [-0.39, 0.29) is 18.4 Å². The van der Waals surface area contributed by atoms with Crippen LogP contribution in [0.1, 0.15) is 56.9 Å². The molecule has 168 valence electrons. The third-order valence-corrected chi connectivity index (χ3v) is 9.33. The molecule has 0 unspecified atom stereocenters. The summed E-state index contributed by atoms with van der Waals surface area (Å²) in [5, 5.41) is 0. The van der Waals surface area contributed by atoms with Crippen molar-refractivity contribution in [3.63, 3.8) is 0 Å². The summed E-state index contributed by atoms with van der Waals surface area (Å²) >= 11 is 0. The average molecular weight is 453 g/mol. The van der Waals surface area contributed by atoms with E-state index in [1.807, 2.05) is 19.1 Å². The molecule has 1 aromatic rings. The summed E-state index contributed by atoms with van der Waals surface area (Å²) in [7, 11) is -1.73. The topological polar surface area (TPSA) is 40.6 Å². The first-order chi connectivity index (χ1) is 13.9. The molecule has 4 rings (SSSR count). The van der Waals surface area contributed by atoms with Crippen LogP contribution in [0.25, 0.3) is 0 Å². The van der Waals surface area contributed by atoms with Gasteiger partial charge in [0.15, 0.2) is 0 Å². The third kappa shape index (κ3) is 5.12. The van der Waals surface area contributed by atoms with E-state index in [1.165, 1.54) is 51.5 Å². The Kier molecular flexibility index (Phi) is 8.05. The van der Waals surface area contributed by atoms with Gasteiger partial charge in [-0.15, -0.1) is 12.4 Å². The zero-order chi connectivity index (χ0) is 20.4. The second kappa shape index (κ2) is 10.2. The Labute approximate surface area is 189 Å². The van der Waals surface area contributed by atoms with E-state index in [1.54, 1.807) is 23.5 Å². The summed E-state index contributed by atoms with van der Waals surface area (Å²) in [6, 6.07) is 7.55. The minimum Gasteiger partial charge on any atom is -0.297 e. The van der Waals surface area contributed by atoms with Crippen molar-refractivity contribution in [2.75, 3.05) is 20.1 Å². The molecule has 1 saturated heterocycles. The molecule has 1 aromatic carbocycles. The molecule has 0 spiro atoms. The van der Waals surface area contributed by atoms with Gasteiger partial charge in [-0.05, 0) is 62.3 Å². The fourth-order valence-electron chi connectivity index (χ4n) is 5.65. The second-order valence-corrected chi connectivity index (χ2v) is 11.4. The van der Waals surface area contributed by atoms with E-state index in [0.29, 0.717) is 10.9 Å². The standard InChI is InChI=1S/C24H36N2O2S.ClH/c1-19-8-6-12-24(16-19)29(27,28)25(2)22-13-14-23(17-22)26-15-7-11-21(18-26)20-9-4-3-5-10-20;/h6,8,12-14,16,20-23H,3-5,7,9-11,15,17-18H2,1-2H3;1H/t21-,22+,23-;/m0./s1. The number of nitrogens with zero attached hydrogens (tertiary/aromatic N) is 2. The van der Waals surface area contributed by atoms with Gasteiger partial charge >= 0.3 is 0 Å². The summed E-state index contributed by atoms with van der Waals surface area (Å²) in [5.74, 6) is 1.75. The summed E-state index contributed by atoms with van der Waals surface area (Å²) < 4.78 is 27.8. The second-order valence-electron chi connectivity index (χ2n) is 9.39. The largest absolute Gasteiger partial charge is 0.297 e. The monoisotopic (exact) mass is 452 g/mol. The van der Waals surface area contributed by atoms with E-state index < -0.39 is 10.0 Å².